The number of rotatable bonds is 7. The van der Waals surface area contributed by atoms with E-state index in [4.69, 9.17) is 14.1 Å². The van der Waals surface area contributed by atoms with Crippen LogP contribution in [-0.2, 0) is 25.8 Å². The van der Waals surface area contributed by atoms with Crippen molar-refractivity contribution in [1.82, 2.24) is 4.73 Å². The molecule has 0 aliphatic carbocycles. The molecule has 172 valence electrons. The third-order valence-electron chi connectivity index (χ3n) is 4.70. The molecule has 0 amide bonds. The maximum Gasteiger partial charge on any atom is 0.466 e. The average molecular weight is 479 g/mol. The number of ether oxygens (including phenoxy) is 1. The third-order valence-corrected chi connectivity index (χ3v) is 6.15. The lowest BCUT2D eigenvalue weighted by atomic mass is 9.96. The highest BCUT2D eigenvalue weighted by atomic mass is 32.3. The van der Waals surface area contributed by atoms with Crippen molar-refractivity contribution in [2.45, 2.75) is 30.4 Å². The topological polar surface area (TPSA) is 180 Å². The summed E-state index contributed by atoms with van der Waals surface area (Å²) in [5, 5.41) is 43.5. The smallest absolute Gasteiger partial charge is 0.417 e. The number of hydrogen-bond acceptors (Lipinski definition) is 11. The zero-order valence-corrected chi connectivity index (χ0v) is 17.8. The van der Waals surface area contributed by atoms with Crippen molar-refractivity contribution in [1.29, 1.82) is 0 Å². The van der Waals surface area contributed by atoms with Crippen molar-refractivity contribution >= 4 is 38.1 Å². The van der Waals surface area contributed by atoms with Gasteiger partial charge in [0.05, 0.1) is 18.2 Å². The molecule has 0 radical (unpaired) electrons. The number of hydrogen-bond donors (Lipinski definition) is 5. The number of oxime groups is 1. The van der Waals surface area contributed by atoms with Crippen molar-refractivity contribution in [2.75, 3.05) is 13.7 Å². The Hall–Kier alpha value is -1.91. The molecule has 1 aromatic carbocycles. The van der Waals surface area contributed by atoms with Crippen LogP contribution in [0.3, 0.4) is 0 Å². The number of fused-ring (bicyclic) bond motifs is 1. The van der Waals surface area contributed by atoms with Gasteiger partial charge in [0.15, 0.2) is 6.29 Å². The normalized spacial score (nSPS) is 27.4. The predicted molar refractivity (Wildman–Crippen MR) is 109 cm³/mol. The highest BCUT2D eigenvalue weighted by Gasteiger charge is 2.44. The van der Waals surface area contributed by atoms with Gasteiger partial charge >= 0.3 is 10.4 Å². The molecule has 5 N–H and O–H groups in total. The molecule has 5 atom stereocenters. The first-order valence-corrected chi connectivity index (χ1v) is 11.2. The summed E-state index contributed by atoms with van der Waals surface area (Å²) in [4.78, 5) is 5.28. The quantitative estimate of drug-likeness (QED) is 0.144. The van der Waals surface area contributed by atoms with Crippen LogP contribution in [0.25, 0.3) is 10.9 Å². The second-order valence-corrected chi connectivity index (χ2v) is 8.86. The summed E-state index contributed by atoms with van der Waals surface area (Å²) >= 11 is 0.755. The van der Waals surface area contributed by atoms with Gasteiger partial charge in [-0.2, -0.15) is 13.1 Å². The molecular formula is C17H22N2O10S2. The van der Waals surface area contributed by atoms with Crippen molar-refractivity contribution in [2.24, 2.45) is 11.1 Å². The molecule has 31 heavy (non-hydrogen) atoms. The van der Waals surface area contributed by atoms with Crippen LogP contribution >= 0.6 is 11.8 Å². The molecule has 1 aromatic heterocycles. The number of para-hydroxylation sites is 1. The molecule has 1 fully saturated rings. The van der Waals surface area contributed by atoms with E-state index in [0.29, 0.717) is 5.56 Å². The molecule has 0 bridgehead atoms. The first-order chi connectivity index (χ1) is 14.6. The van der Waals surface area contributed by atoms with E-state index in [0.717, 1.165) is 22.7 Å². The molecule has 0 saturated carbocycles. The average Bonchev–Trinajstić information content (AvgIpc) is 3.08. The molecule has 1 saturated heterocycles. The lowest BCUT2D eigenvalue weighted by Gasteiger charge is -2.39. The molecule has 0 spiro atoms. The summed E-state index contributed by atoms with van der Waals surface area (Å²) in [6, 6.07) is 7.22. The molecular weight excluding hydrogens is 456 g/mol. The van der Waals surface area contributed by atoms with E-state index >= 15 is 0 Å². The SMILES string of the molecule is COn1cc(CC(=NOS(=O)(=O)O)SC2OC(O)C(O)C(O)C2CO)c2ccccc21. The number of nitrogens with zero attached hydrogens (tertiary/aromatic N) is 2. The highest BCUT2D eigenvalue weighted by molar-refractivity contribution is 8.14. The summed E-state index contributed by atoms with van der Waals surface area (Å²) in [6.07, 6.45) is -3.25. The standard InChI is InChI=1S/C17H22N2O10S2/c1-27-19-7-9(10-4-2-3-5-12(10)19)6-13(18-29-31(24,25)26)30-17-11(8-20)14(21)15(22)16(23)28-17/h2-5,7,11,14-17,20-23H,6,8H2,1H3,(H,24,25,26). The largest absolute Gasteiger partial charge is 0.466 e. The van der Waals surface area contributed by atoms with Gasteiger partial charge in [0.25, 0.3) is 0 Å². The van der Waals surface area contributed by atoms with Crippen LogP contribution in [0, 0.1) is 5.92 Å². The van der Waals surface area contributed by atoms with Crippen LogP contribution in [0.15, 0.2) is 35.6 Å². The van der Waals surface area contributed by atoms with Gasteiger partial charge in [-0.05, 0) is 11.6 Å². The Kier molecular flexibility index (Phi) is 7.43. The zero-order valence-electron chi connectivity index (χ0n) is 16.2. The molecule has 2 heterocycles. The van der Waals surface area contributed by atoms with Crippen LogP contribution in [0.1, 0.15) is 5.56 Å². The maximum absolute atomic E-state index is 11.0. The summed E-state index contributed by atoms with van der Waals surface area (Å²) in [5.41, 5.74) is 0.272. The van der Waals surface area contributed by atoms with Crippen molar-refractivity contribution in [3.8, 4) is 0 Å². The van der Waals surface area contributed by atoms with Gasteiger partial charge in [0.1, 0.15) is 23.7 Å². The molecule has 5 unspecified atom stereocenters. The molecule has 1 aliphatic heterocycles. The summed E-state index contributed by atoms with van der Waals surface area (Å²) < 4.78 is 41.8. The van der Waals surface area contributed by atoms with E-state index < -0.39 is 46.9 Å². The first kappa shape index (κ1) is 23.7. The monoisotopic (exact) mass is 478 g/mol. The van der Waals surface area contributed by atoms with Gasteiger partial charge in [-0.15, -0.1) is 0 Å². The first-order valence-electron chi connectivity index (χ1n) is 8.98. The Morgan fingerprint density at radius 2 is 1.97 bits per heavy atom. The molecule has 3 rings (SSSR count). The number of aliphatic hydroxyl groups excluding tert-OH is 4. The molecule has 14 heteroatoms. The van der Waals surface area contributed by atoms with Gasteiger partial charge in [0.2, 0.25) is 0 Å². The molecule has 1 aliphatic rings. The minimum absolute atomic E-state index is 0.0101. The Balaban J connectivity index is 1.93. The number of thioether (sulfide) groups is 1. The Morgan fingerprint density at radius 1 is 1.26 bits per heavy atom. The van der Waals surface area contributed by atoms with E-state index in [2.05, 4.69) is 9.44 Å². The summed E-state index contributed by atoms with van der Waals surface area (Å²) in [7, 11) is -3.43. The van der Waals surface area contributed by atoms with Crippen LogP contribution in [0.4, 0.5) is 0 Å². The fourth-order valence-corrected chi connectivity index (χ4v) is 4.61. The van der Waals surface area contributed by atoms with E-state index in [-0.39, 0.29) is 11.5 Å². The summed E-state index contributed by atoms with van der Waals surface area (Å²) in [5.74, 6) is -1.03. The zero-order chi connectivity index (χ0) is 22.8. The van der Waals surface area contributed by atoms with E-state index in [1.54, 1.807) is 18.3 Å². The predicted octanol–water partition coefficient (Wildman–Crippen LogP) is -0.887. The Labute approximate surface area is 181 Å². The minimum atomic E-state index is -4.90. The van der Waals surface area contributed by atoms with Crippen LogP contribution in [0.5, 0.6) is 0 Å². The van der Waals surface area contributed by atoms with E-state index in [9.17, 15) is 28.8 Å². The Morgan fingerprint density at radius 3 is 2.61 bits per heavy atom. The van der Waals surface area contributed by atoms with Gasteiger partial charge in [0, 0.05) is 23.9 Å². The highest BCUT2D eigenvalue weighted by Crippen LogP contribution is 2.34. The Bertz CT molecular complexity index is 1040. The second-order valence-electron chi connectivity index (χ2n) is 6.68. The van der Waals surface area contributed by atoms with E-state index in [1.165, 1.54) is 11.8 Å². The van der Waals surface area contributed by atoms with Crippen LogP contribution < -0.4 is 4.84 Å². The van der Waals surface area contributed by atoms with Gasteiger partial charge in [-0.1, -0.05) is 35.1 Å². The van der Waals surface area contributed by atoms with Crippen LogP contribution in [-0.4, -0.2) is 80.8 Å². The maximum atomic E-state index is 11.0. The fourth-order valence-electron chi connectivity index (χ4n) is 3.20. The van der Waals surface area contributed by atoms with Gasteiger partial charge in [-0.25, -0.2) is 4.28 Å². The second kappa shape index (κ2) is 9.70. The minimum Gasteiger partial charge on any atom is -0.417 e. The van der Waals surface area contributed by atoms with Crippen molar-refractivity contribution in [3.63, 3.8) is 0 Å². The number of aliphatic hydroxyl groups is 4. The third kappa shape index (κ3) is 5.48. The fraction of sp³-hybridized carbons (Fsp3) is 0.471. The number of benzene rings is 1. The van der Waals surface area contributed by atoms with Gasteiger partial charge in [-0.3, -0.25) is 4.55 Å². The molecule has 2 aromatic rings. The van der Waals surface area contributed by atoms with Gasteiger partial charge < -0.3 is 30.0 Å². The van der Waals surface area contributed by atoms with Crippen molar-refractivity contribution in [3.05, 3.63) is 36.0 Å². The lowest BCUT2D eigenvalue weighted by Crippen LogP contribution is -2.54. The summed E-state index contributed by atoms with van der Waals surface area (Å²) in [6.45, 7) is -0.599. The van der Waals surface area contributed by atoms with E-state index in [1.807, 2.05) is 12.1 Å². The van der Waals surface area contributed by atoms with Crippen LogP contribution in [0.2, 0.25) is 0 Å². The lowest BCUT2D eigenvalue weighted by molar-refractivity contribution is -0.252. The molecule has 12 nitrogen and oxygen atoms in total. The number of aromatic nitrogens is 1. The van der Waals surface area contributed by atoms with Crippen molar-refractivity contribution < 1.29 is 47.3 Å².